The van der Waals surface area contributed by atoms with Gasteiger partial charge in [0.2, 0.25) is 17.7 Å². The number of hydrogen-bond donors (Lipinski definition) is 5. The van der Waals surface area contributed by atoms with Gasteiger partial charge >= 0.3 is 12.4 Å². The lowest BCUT2D eigenvalue weighted by Crippen LogP contribution is -2.40. The molecule has 2 amide bonds. The maximum absolute atomic E-state index is 13.9. The molecule has 0 aliphatic heterocycles. The first-order chi connectivity index (χ1) is 21.9. The van der Waals surface area contributed by atoms with Gasteiger partial charge in [0.05, 0.1) is 34.7 Å². The van der Waals surface area contributed by atoms with Crippen molar-refractivity contribution in [3.63, 3.8) is 0 Å². The van der Waals surface area contributed by atoms with Gasteiger partial charge in [-0.05, 0) is 63.3 Å². The molecule has 0 atom stereocenters. The summed E-state index contributed by atoms with van der Waals surface area (Å²) in [6.07, 6.45) is -12.5. The number of nitrogens with one attached hydrogen (secondary N) is 4. The lowest BCUT2D eigenvalue weighted by molar-refractivity contribution is -0.182. The number of hydrogen-bond acceptors (Lipinski definition) is 7. The molecule has 0 radical (unpaired) electrons. The number of carbonyl (C=O) groups excluding carboxylic acids is 2. The molecule has 0 bridgehead atoms. The van der Waals surface area contributed by atoms with Crippen LogP contribution >= 0.6 is 0 Å². The summed E-state index contributed by atoms with van der Waals surface area (Å²) in [5.74, 6) is -3.72. The van der Waals surface area contributed by atoms with Crippen molar-refractivity contribution in [2.45, 2.75) is 70.9 Å². The van der Waals surface area contributed by atoms with Crippen LogP contribution in [0.1, 0.15) is 61.0 Å². The third kappa shape index (κ3) is 8.99. The minimum absolute atomic E-state index is 0.00559. The molecule has 1 aliphatic rings. The van der Waals surface area contributed by atoms with Gasteiger partial charge in [-0.3, -0.25) is 9.59 Å². The number of anilines is 2. The highest BCUT2D eigenvalue weighted by molar-refractivity contribution is 5.99. The van der Waals surface area contributed by atoms with Crippen LogP contribution in [0, 0.1) is 11.3 Å². The molecule has 2 heterocycles. The summed E-state index contributed by atoms with van der Waals surface area (Å²) >= 11 is 0. The lowest BCUT2D eigenvalue weighted by Gasteiger charge is -2.30. The first-order valence-electron chi connectivity index (χ1n) is 14.4. The lowest BCUT2D eigenvalue weighted by atomic mass is 9.85. The Bertz CT molecular complexity index is 1580. The Hall–Kier alpha value is -4.22. The minimum atomic E-state index is -4.81. The van der Waals surface area contributed by atoms with E-state index in [-0.39, 0.29) is 60.5 Å². The van der Waals surface area contributed by atoms with Crippen molar-refractivity contribution in [3.05, 3.63) is 41.0 Å². The van der Waals surface area contributed by atoms with Crippen molar-refractivity contribution in [1.29, 1.82) is 0 Å². The topological polar surface area (TPSA) is 141 Å². The number of rotatable bonds is 11. The molecule has 4 rings (SSSR count). The number of pyridine rings is 1. The van der Waals surface area contributed by atoms with Crippen LogP contribution < -0.4 is 20.7 Å². The molecule has 3 aromatic rings. The first kappa shape index (κ1) is 35.6. The highest BCUT2D eigenvalue weighted by Gasteiger charge is 2.41. The van der Waals surface area contributed by atoms with Crippen LogP contribution in [0.15, 0.2) is 24.3 Å². The molecule has 10 nitrogen and oxygen atoms in total. The van der Waals surface area contributed by atoms with Crippen molar-refractivity contribution in [2.24, 2.45) is 11.3 Å². The number of aromatic nitrogens is 3. The van der Waals surface area contributed by atoms with Crippen molar-refractivity contribution in [3.8, 4) is 5.88 Å². The standard InChI is InChI=1S/C29H32F8N6O4/c1-27(2,13-44)25(46)38-11-14-3-8-18(29(35,36)37)19(9-14)40-26-41-20-10-17(24(42-22(20)43-26)47-12-21(30)31)23(45)39-16-6-4-15(5-7-16)28(32,33)34/h3,8-10,15-16,21,44H,4-7,11-13H2,1-2H3,(H,38,46)(H,39,45)(H2,40,41,42,43). The second-order valence-electron chi connectivity index (χ2n) is 11.8. The van der Waals surface area contributed by atoms with Crippen molar-refractivity contribution in [1.82, 2.24) is 25.6 Å². The van der Waals surface area contributed by atoms with Crippen molar-refractivity contribution in [2.75, 3.05) is 18.5 Å². The average molecular weight is 681 g/mol. The number of halogens is 8. The summed E-state index contributed by atoms with van der Waals surface area (Å²) < 4.78 is 112. The molecule has 5 N–H and O–H groups in total. The van der Waals surface area contributed by atoms with Gasteiger partial charge in [0.15, 0.2) is 12.3 Å². The second kappa shape index (κ2) is 13.9. The van der Waals surface area contributed by atoms with E-state index < -0.39 is 78.3 Å². The minimum Gasteiger partial charge on any atom is -0.471 e. The molecule has 1 aromatic carbocycles. The third-order valence-electron chi connectivity index (χ3n) is 7.66. The Morgan fingerprint density at radius 2 is 1.72 bits per heavy atom. The summed E-state index contributed by atoms with van der Waals surface area (Å²) in [5.41, 5.74) is -2.96. The number of benzene rings is 1. The summed E-state index contributed by atoms with van der Waals surface area (Å²) in [6, 6.07) is 3.58. The fourth-order valence-corrected chi connectivity index (χ4v) is 4.90. The molecule has 0 spiro atoms. The van der Waals surface area contributed by atoms with Gasteiger partial charge in [-0.15, -0.1) is 0 Å². The SMILES string of the molecule is CC(C)(CO)C(=O)NCc1ccc(C(F)(F)F)c(Nc2nc3nc(OCC(F)F)c(C(=O)NC4CCC(C(F)(F)F)CC4)cc3[nH]2)c1. The zero-order valence-corrected chi connectivity index (χ0v) is 25.1. The zero-order chi connectivity index (χ0) is 34.7. The first-order valence-corrected chi connectivity index (χ1v) is 14.4. The van der Waals surface area contributed by atoms with Crippen LogP contribution in [-0.2, 0) is 17.5 Å². The number of nitrogens with zero attached hydrogens (tertiary/aromatic N) is 2. The van der Waals surface area contributed by atoms with E-state index in [9.17, 15) is 49.8 Å². The van der Waals surface area contributed by atoms with E-state index in [0.29, 0.717) is 0 Å². The number of H-pyrrole nitrogens is 1. The van der Waals surface area contributed by atoms with E-state index in [0.717, 1.165) is 24.3 Å². The van der Waals surface area contributed by atoms with Crippen LogP contribution in [0.2, 0.25) is 0 Å². The highest BCUT2D eigenvalue weighted by Crippen LogP contribution is 2.38. The Morgan fingerprint density at radius 1 is 1.04 bits per heavy atom. The molecule has 1 aliphatic carbocycles. The molecule has 18 heteroatoms. The normalized spacial score (nSPS) is 17.5. The van der Waals surface area contributed by atoms with Gasteiger partial charge in [-0.1, -0.05) is 6.07 Å². The van der Waals surface area contributed by atoms with Crippen LogP contribution in [0.4, 0.5) is 46.8 Å². The van der Waals surface area contributed by atoms with Crippen LogP contribution in [-0.4, -0.2) is 63.7 Å². The Balaban J connectivity index is 1.60. The molecular formula is C29H32F8N6O4. The van der Waals surface area contributed by atoms with Crippen LogP contribution in [0.25, 0.3) is 11.2 Å². The number of aromatic amines is 1. The smallest absolute Gasteiger partial charge is 0.418 e. The van der Waals surface area contributed by atoms with Gasteiger partial charge in [-0.2, -0.15) is 36.3 Å². The molecule has 258 valence electrons. The third-order valence-corrected chi connectivity index (χ3v) is 7.66. The Morgan fingerprint density at radius 3 is 2.32 bits per heavy atom. The highest BCUT2D eigenvalue weighted by atomic mass is 19.4. The number of alkyl halides is 8. The molecule has 1 fully saturated rings. The fraction of sp³-hybridized carbons (Fsp3) is 0.517. The van der Waals surface area contributed by atoms with Gasteiger partial charge < -0.3 is 30.8 Å². The summed E-state index contributed by atoms with van der Waals surface area (Å²) in [7, 11) is 0. The van der Waals surface area contributed by atoms with Gasteiger partial charge in [-0.25, -0.2) is 8.78 Å². The molecule has 47 heavy (non-hydrogen) atoms. The number of aliphatic hydroxyl groups is 1. The predicted molar refractivity (Wildman–Crippen MR) is 152 cm³/mol. The van der Waals surface area contributed by atoms with Crippen molar-refractivity contribution >= 4 is 34.6 Å². The zero-order valence-electron chi connectivity index (χ0n) is 25.1. The van der Waals surface area contributed by atoms with Gasteiger partial charge in [0.1, 0.15) is 5.56 Å². The van der Waals surface area contributed by atoms with Crippen LogP contribution in [0.5, 0.6) is 5.88 Å². The molecule has 0 saturated heterocycles. The monoisotopic (exact) mass is 680 g/mol. The van der Waals surface area contributed by atoms with Crippen molar-refractivity contribution < 1.29 is 54.6 Å². The molecular weight excluding hydrogens is 648 g/mol. The largest absolute Gasteiger partial charge is 0.471 e. The quantitative estimate of drug-likeness (QED) is 0.160. The average Bonchev–Trinajstić information content (AvgIpc) is 3.38. The van der Waals surface area contributed by atoms with Gasteiger partial charge in [0.25, 0.3) is 12.3 Å². The van der Waals surface area contributed by atoms with E-state index in [1.165, 1.54) is 13.8 Å². The number of carbonyl (C=O) groups is 2. The number of amides is 2. The fourth-order valence-electron chi connectivity index (χ4n) is 4.90. The molecule has 2 aromatic heterocycles. The maximum atomic E-state index is 13.9. The van der Waals surface area contributed by atoms with E-state index >= 15 is 0 Å². The van der Waals surface area contributed by atoms with Gasteiger partial charge in [0, 0.05) is 12.6 Å². The van der Waals surface area contributed by atoms with E-state index in [1.54, 1.807) is 0 Å². The second-order valence-corrected chi connectivity index (χ2v) is 11.8. The number of ether oxygens (including phenoxy) is 1. The Labute approximate surface area is 262 Å². The summed E-state index contributed by atoms with van der Waals surface area (Å²) in [6.45, 7) is 1.19. The summed E-state index contributed by atoms with van der Waals surface area (Å²) in [4.78, 5) is 36.2. The molecule has 0 unspecified atom stereocenters. The van der Waals surface area contributed by atoms with E-state index in [1.807, 2.05) is 0 Å². The maximum Gasteiger partial charge on any atom is 0.418 e. The molecule has 1 saturated carbocycles. The number of fused-ring (bicyclic) bond motifs is 1. The van der Waals surface area contributed by atoms with E-state index in [4.69, 9.17) is 4.74 Å². The Kier molecular flexibility index (Phi) is 10.5. The number of imidazole rings is 1. The number of aliphatic hydroxyl groups excluding tert-OH is 1. The van der Waals surface area contributed by atoms with Crippen LogP contribution in [0.3, 0.4) is 0 Å². The predicted octanol–water partition coefficient (Wildman–Crippen LogP) is 5.85. The summed E-state index contributed by atoms with van der Waals surface area (Å²) in [5, 5.41) is 17.0. The van der Waals surface area contributed by atoms with E-state index in [2.05, 4.69) is 30.9 Å².